The fraction of sp³-hybridized carbons (Fsp3) is 0. The number of fused-ring (bicyclic) bond motifs is 6. The monoisotopic (exact) mass is 1890 g/mol. The van der Waals surface area contributed by atoms with Crippen LogP contribution in [0.25, 0.3) is 196 Å². The highest BCUT2D eigenvalue weighted by molar-refractivity contribution is 7.18. The number of nitrogens with zero attached hydrogens (tertiary/aromatic N) is 12. The molecule has 0 unspecified atom stereocenters. The van der Waals surface area contributed by atoms with Crippen molar-refractivity contribution < 1.29 is 39.5 Å². The molecule has 654 valence electrons. The molecule has 24 aromatic rings. The second-order valence-corrected chi connectivity index (χ2v) is 35.3. The lowest BCUT2D eigenvalue weighted by molar-refractivity contribution is 0.509. The summed E-state index contributed by atoms with van der Waals surface area (Å²) in [5.74, 6) is -5.50. The van der Waals surface area contributed by atoms with Gasteiger partial charge in [0, 0.05) is 110 Å². The number of pyridine rings is 6. The van der Waals surface area contributed by atoms with Crippen LogP contribution in [0.1, 0.15) is 0 Å². The van der Waals surface area contributed by atoms with E-state index in [-0.39, 0.29) is 23.0 Å². The van der Waals surface area contributed by atoms with Crippen molar-refractivity contribution in [1.82, 2.24) is 59.8 Å². The predicted octanol–water partition coefficient (Wildman–Crippen LogP) is 31.4. The largest absolute Gasteiger partial charge is 0.256 e. The van der Waals surface area contributed by atoms with E-state index >= 15 is 0 Å². The van der Waals surface area contributed by atoms with Crippen molar-refractivity contribution in [3.05, 3.63) is 432 Å². The Kier molecular flexibility index (Phi) is 26.6. The van der Waals surface area contributed by atoms with Gasteiger partial charge in [0.25, 0.3) is 0 Å². The summed E-state index contributed by atoms with van der Waals surface area (Å²) >= 11 is 9.47. The van der Waals surface area contributed by atoms with E-state index in [0.717, 1.165) is 169 Å². The van der Waals surface area contributed by atoms with Crippen molar-refractivity contribution in [3.63, 3.8) is 0 Å². The van der Waals surface area contributed by atoms with Crippen molar-refractivity contribution in [2.45, 2.75) is 0 Å². The van der Waals surface area contributed by atoms with Gasteiger partial charge in [0.2, 0.25) is 0 Å². The van der Waals surface area contributed by atoms with Crippen molar-refractivity contribution in [1.29, 1.82) is 0 Å². The summed E-state index contributed by atoms with van der Waals surface area (Å²) in [6.45, 7) is 0. The Balaban J connectivity index is 0.000000104. The highest BCUT2D eigenvalue weighted by atomic mass is 32.1. The van der Waals surface area contributed by atoms with E-state index in [0.29, 0.717) is 39.5 Å². The van der Waals surface area contributed by atoms with Gasteiger partial charge in [-0.3, -0.25) is 29.9 Å². The normalized spacial score (nSPS) is 11.0. The second-order valence-electron chi connectivity index (χ2n) is 30.0. The van der Waals surface area contributed by atoms with Crippen LogP contribution in [0.15, 0.2) is 380 Å². The molecule has 0 spiro atoms. The van der Waals surface area contributed by atoms with Gasteiger partial charge in [0.15, 0.2) is 23.3 Å². The maximum atomic E-state index is 14.2. The number of benzene rings is 12. The van der Waals surface area contributed by atoms with Gasteiger partial charge in [-0.1, -0.05) is 103 Å². The zero-order valence-corrected chi connectivity index (χ0v) is 75.0. The Bertz CT molecular complexity index is 8390. The molecule has 12 aromatic carbocycles. The number of aromatic nitrogens is 12. The van der Waals surface area contributed by atoms with E-state index < -0.39 is 34.9 Å². The lowest BCUT2D eigenvalue weighted by atomic mass is 9.99. The molecule has 0 N–H and O–H groups in total. The molecule has 0 aliphatic heterocycles. The summed E-state index contributed by atoms with van der Waals surface area (Å²) in [5, 5.41) is 0. The van der Waals surface area contributed by atoms with E-state index in [1.165, 1.54) is 78.1 Å². The molecular formula is C108H63F9N12S6. The molecule has 0 atom stereocenters. The van der Waals surface area contributed by atoms with Crippen LogP contribution in [-0.4, -0.2) is 59.8 Å². The molecule has 135 heavy (non-hydrogen) atoms. The molecule has 0 saturated carbocycles. The van der Waals surface area contributed by atoms with Gasteiger partial charge >= 0.3 is 0 Å². The van der Waals surface area contributed by atoms with Crippen molar-refractivity contribution in [2.24, 2.45) is 0 Å². The van der Waals surface area contributed by atoms with E-state index in [1.807, 2.05) is 186 Å². The maximum absolute atomic E-state index is 14.2. The molecule has 24 rings (SSSR count). The average Bonchev–Trinajstić information content (AvgIpc) is 1.80. The van der Waals surface area contributed by atoms with E-state index in [1.54, 1.807) is 147 Å². The molecule has 12 nitrogen and oxygen atoms in total. The van der Waals surface area contributed by atoms with Crippen molar-refractivity contribution in [3.8, 4) is 134 Å². The van der Waals surface area contributed by atoms with Gasteiger partial charge in [0.1, 0.15) is 29.1 Å². The molecule has 0 aliphatic rings. The first-order chi connectivity index (χ1) is 66.1. The van der Waals surface area contributed by atoms with Crippen LogP contribution in [0, 0.1) is 52.4 Å². The number of rotatable bonds is 12. The number of halogens is 9. The summed E-state index contributed by atoms with van der Waals surface area (Å²) in [6, 6.07) is 89.9. The fourth-order valence-electron chi connectivity index (χ4n) is 15.2. The molecule has 0 amide bonds. The Hall–Kier alpha value is -15.8. The summed E-state index contributed by atoms with van der Waals surface area (Å²) in [4.78, 5) is 52.0. The molecule has 0 aliphatic carbocycles. The highest BCUT2D eigenvalue weighted by Gasteiger charge is 2.21. The first-order valence-corrected chi connectivity index (χ1v) is 46.7. The Morgan fingerprint density at radius 2 is 0.444 bits per heavy atom. The van der Waals surface area contributed by atoms with E-state index in [9.17, 15) is 39.5 Å². The van der Waals surface area contributed by atoms with E-state index in [4.69, 9.17) is 0 Å². The minimum atomic E-state index is -0.883. The summed E-state index contributed by atoms with van der Waals surface area (Å²) in [5.41, 5.74) is 35.2. The standard InChI is InChI=1S/3C18H10F2N2S.3C18H11FN2S/c19-14-5-1-3-13(17(14)20)18-12(4-2-8-21-18)11-6-7-15-16(9-11)23-10-22-15;19-14-5-3-12(8-15(14)20)18-13(2-1-7-21-18)11-4-6-16-17(9-11)23-10-22-16;19-13-6-12(7-14(20)9-13)18-15(2-1-5-21-18)11-3-4-16-17(8-11)23-10-22-16;19-14-4-1-3-13(9-14)18-15(5-2-8-20-18)12-6-7-16-17(10-12)22-11-21-16;19-14-6-3-12(4-7-14)18-15(2-1-9-20-18)13-5-8-16-17(10-13)22-11-21-16;19-15-6-2-1-4-14(15)18-13(5-3-9-20-18)12-7-8-16-17(10-12)22-11-21-16/h3*1-10H;3*1-11H. The molecule has 0 bridgehead atoms. The van der Waals surface area contributed by atoms with Gasteiger partial charge in [-0.15, -0.1) is 68.0 Å². The molecule has 27 heteroatoms. The van der Waals surface area contributed by atoms with Crippen LogP contribution in [0.5, 0.6) is 0 Å². The zero-order valence-electron chi connectivity index (χ0n) is 70.1. The molecule has 12 aromatic heterocycles. The van der Waals surface area contributed by atoms with Gasteiger partial charge in [-0.05, 0) is 234 Å². The minimum absolute atomic E-state index is 0.157. The third kappa shape index (κ3) is 20.1. The third-order valence-corrected chi connectivity index (χ3v) is 26.3. The molecule has 0 radical (unpaired) electrons. The summed E-state index contributed by atoms with van der Waals surface area (Å²) in [6.07, 6.45) is 10.0. The molecular weight excluding hydrogens is 1830 g/mol. The minimum Gasteiger partial charge on any atom is -0.256 e. The zero-order chi connectivity index (χ0) is 92.3. The van der Waals surface area contributed by atoms with Crippen LogP contribution in [0.4, 0.5) is 39.5 Å². The Labute approximate surface area is 788 Å². The quantitative estimate of drug-likeness (QED) is 0.107. The topological polar surface area (TPSA) is 155 Å². The Morgan fingerprint density at radius 3 is 0.815 bits per heavy atom. The Morgan fingerprint density at radius 1 is 0.156 bits per heavy atom. The molecule has 12 heterocycles. The van der Waals surface area contributed by atoms with Crippen LogP contribution in [-0.2, 0) is 0 Å². The number of hydrogen-bond donors (Lipinski definition) is 0. The first kappa shape index (κ1) is 88.5. The number of thiazole rings is 6. The predicted molar refractivity (Wildman–Crippen MR) is 529 cm³/mol. The van der Waals surface area contributed by atoms with Crippen molar-refractivity contribution in [2.75, 3.05) is 0 Å². The maximum Gasteiger partial charge on any atom is 0.168 e. The van der Waals surface area contributed by atoms with Gasteiger partial charge in [-0.25, -0.2) is 69.4 Å². The highest BCUT2D eigenvalue weighted by Crippen LogP contribution is 2.42. The fourth-order valence-corrected chi connectivity index (χ4v) is 19.5. The van der Waals surface area contributed by atoms with Crippen LogP contribution in [0.3, 0.4) is 0 Å². The van der Waals surface area contributed by atoms with Crippen molar-refractivity contribution >= 4 is 129 Å². The lowest BCUT2D eigenvalue weighted by Crippen LogP contribution is -1.94. The average molecular weight is 1890 g/mol. The van der Waals surface area contributed by atoms with Crippen LogP contribution in [0.2, 0.25) is 0 Å². The van der Waals surface area contributed by atoms with Crippen LogP contribution < -0.4 is 0 Å². The van der Waals surface area contributed by atoms with Crippen LogP contribution >= 0.6 is 68.0 Å². The smallest absolute Gasteiger partial charge is 0.168 e. The SMILES string of the molecule is Fc1cc(F)cc(-c2ncccc2-c2ccc3ncsc3c2)c1.Fc1ccc(-c2ncccc2-c2ccc3ncsc3c2)cc1.Fc1ccc(-c2ncccc2-c2ccc3ncsc3c2)cc1F.Fc1cccc(-c2ncccc2-c2ccc3ncsc3c2)c1.Fc1cccc(-c2ncccc2-c2ccc3ncsc3c2)c1F.Fc1ccccc1-c1ncccc1-c1ccc2ncsc2c1. The summed E-state index contributed by atoms with van der Waals surface area (Å²) in [7, 11) is 0. The third-order valence-electron chi connectivity index (χ3n) is 21.6. The summed E-state index contributed by atoms with van der Waals surface area (Å²) < 4.78 is 129. The number of hydrogen-bond acceptors (Lipinski definition) is 18. The van der Waals surface area contributed by atoms with E-state index in [2.05, 4.69) is 78.0 Å². The first-order valence-electron chi connectivity index (χ1n) is 41.5. The second kappa shape index (κ2) is 40.5. The molecule has 0 fully saturated rings. The van der Waals surface area contributed by atoms with Gasteiger partial charge in [0.05, 0.1) is 129 Å². The van der Waals surface area contributed by atoms with Gasteiger partial charge in [-0.2, -0.15) is 0 Å². The molecule has 0 saturated heterocycles. The van der Waals surface area contributed by atoms with Gasteiger partial charge < -0.3 is 0 Å². The lowest BCUT2D eigenvalue weighted by Gasteiger charge is -2.10.